The van der Waals surface area contributed by atoms with Gasteiger partial charge in [-0.1, -0.05) is 38.0 Å². The molecule has 0 amide bonds. The van der Waals surface area contributed by atoms with Crippen LogP contribution in [0.4, 0.5) is 13.2 Å². The van der Waals surface area contributed by atoms with Gasteiger partial charge in [0.2, 0.25) is 0 Å². The summed E-state index contributed by atoms with van der Waals surface area (Å²) < 4.78 is 40.3. The van der Waals surface area contributed by atoms with Crippen molar-refractivity contribution in [1.82, 2.24) is 4.90 Å². The predicted molar refractivity (Wildman–Crippen MR) is 81.7 cm³/mol. The summed E-state index contributed by atoms with van der Waals surface area (Å²) in [4.78, 5) is 2.42. The zero-order chi connectivity index (χ0) is 16.0. The van der Waals surface area contributed by atoms with Crippen LogP contribution in [0.5, 0.6) is 5.75 Å². The van der Waals surface area contributed by atoms with Crippen molar-refractivity contribution < 1.29 is 17.9 Å². The van der Waals surface area contributed by atoms with Crippen molar-refractivity contribution in [2.45, 2.75) is 39.0 Å². The average molecular weight is 313 g/mol. The van der Waals surface area contributed by atoms with Crippen LogP contribution in [0.15, 0.2) is 30.3 Å². The monoisotopic (exact) mass is 313 g/mol. The summed E-state index contributed by atoms with van der Waals surface area (Å²) in [6, 6.07) is 6.13. The van der Waals surface area contributed by atoms with E-state index in [1.54, 1.807) is 12.1 Å². The zero-order valence-corrected chi connectivity index (χ0v) is 12.8. The van der Waals surface area contributed by atoms with Crippen LogP contribution in [-0.2, 0) is 0 Å². The molecule has 22 heavy (non-hydrogen) atoms. The van der Waals surface area contributed by atoms with E-state index in [0.29, 0.717) is 0 Å². The normalized spacial score (nSPS) is 16.5. The first kappa shape index (κ1) is 16.9. The van der Waals surface area contributed by atoms with Gasteiger partial charge in [0.1, 0.15) is 5.75 Å². The molecule has 0 N–H and O–H groups in total. The Morgan fingerprint density at radius 2 is 1.86 bits per heavy atom. The summed E-state index contributed by atoms with van der Waals surface area (Å²) >= 11 is 0. The summed E-state index contributed by atoms with van der Waals surface area (Å²) in [7, 11) is 0. The molecule has 0 bridgehead atoms. The lowest BCUT2D eigenvalue weighted by atomic mass is 9.99. The van der Waals surface area contributed by atoms with E-state index in [0.717, 1.165) is 31.6 Å². The second kappa shape index (κ2) is 7.68. The van der Waals surface area contributed by atoms with Crippen LogP contribution in [0.2, 0.25) is 0 Å². The number of ether oxygens (including phenoxy) is 1. The molecule has 0 fully saturated rings. The maximum atomic E-state index is 12.1. The molecule has 0 atom stereocenters. The van der Waals surface area contributed by atoms with Crippen molar-refractivity contribution >= 4 is 5.57 Å². The molecule has 1 heterocycles. The molecule has 0 spiro atoms. The highest BCUT2D eigenvalue weighted by atomic mass is 19.4. The van der Waals surface area contributed by atoms with E-state index in [4.69, 9.17) is 0 Å². The Kier molecular flexibility index (Phi) is 5.89. The van der Waals surface area contributed by atoms with Gasteiger partial charge in [0.05, 0.1) is 0 Å². The van der Waals surface area contributed by atoms with Crippen molar-refractivity contribution in [3.63, 3.8) is 0 Å². The number of nitrogens with zero attached hydrogens (tertiary/aromatic N) is 1. The minimum atomic E-state index is -4.63. The second-order valence-corrected chi connectivity index (χ2v) is 5.56. The highest BCUT2D eigenvalue weighted by molar-refractivity contribution is 5.67. The Hall–Kier alpha value is -1.49. The summed E-state index contributed by atoms with van der Waals surface area (Å²) in [5.74, 6) is -0.172. The fourth-order valence-corrected chi connectivity index (χ4v) is 2.63. The van der Waals surface area contributed by atoms with E-state index >= 15 is 0 Å². The number of benzene rings is 1. The minimum Gasteiger partial charge on any atom is -0.406 e. The first-order valence-corrected chi connectivity index (χ1v) is 7.75. The van der Waals surface area contributed by atoms with Gasteiger partial charge in [0.15, 0.2) is 0 Å². The first-order chi connectivity index (χ1) is 10.5. The molecule has 0 radical (unpaired) electrons. The average Bonchev–Trinajstić information content (AvgIpc) is 2.48. The molecular weight excluding hydrogens is 291 g/mol. The van der Waals surface area contributed by atoms with Crippen molar-refractivity contribution in [3.05, 3.63) is 35.9 Å². The standard InChI is InChI=1S/C17H22F3NO/c1-2-3-4-11-21-12-9-15(10-13-21)14-5-7-16(8-6-14)22-17(18,19)20/h5-9H,2-4,10-13H2,1H3. The maximum Gasteiger partial charge on any atom is 0.573 e. The highest BCUT2D eigenvalue weighted by Crippen LogP contribution is 2.27. The smallest absolute Gasteiger partial charge is 0.406 e. The van der Waals surface area contributed by atoms with Gasteiger partial charge in [-0.25, -0.2) is 0 Å². The molecule has 1 aliphatic rings. The van der Waals surface area contributed by atoms with Crippen molar-refractivity contribution in [3.8, 4) is 5.75 Å². The lowest BCUT2D eigenvalue weighted by molar-refractivity contribution is -0.274. The van der Waals surface area contributed by atoms with Crippen LogP contribution in [0.1, 0.15) is 38.2 Å². The third-order valence-corrected chi connectivity index (χ3v) is 3.83. The SMILES string of the molecule is CCCCCN1CC=C(c2ccc(OC(F)(F)F)cc2)CC1. The molecule has 1 aromatic rings. The van der Waals surface area contributed by atoms with E-state index < -0.39 is 6.36 Å². The zero-order valence-electron chi connectivity index (χ0n) is 12.8. The van der Waals surface area contributed by atoms with Gasteiger partial charge in [-0.2, -0.15) is 0 Å². The molecule has 0 saturated heterocycles. The van der Waals surface area contributed by atoms with Crippen LogP contribution in [-0.4, -0.2) is 30.9 Å². The van der Waals surface area contributed by atoms with Crippen molar-refractivity contribution in [1.29, 1.82) is 0 Å². The Labute approximate surface area is 129 Å². The molecule has 0 saturated carbocycles. The fourth-order valence-electron chi connectivity index (χ4n) is 2.63. The summed E-state index contributed by atoms with van der Waals surface area (Å²) in [6.45, 7) is 5.24. The molecular formula is C17H22F3NO. The molecule has 122 valence electrons. The Bertz CT molecular complexity index is 494. The van der Waals surface area contributed by atoms with E-state index in [9.17, 15) is 13.2 Å². The third kappa shape index (κ3) is 5.37. The maximum absolute atomic E-state index is 12.1. The van der Waals surface area contributed by atoms with Crippen LogP contribution in [0.25, 0.3) is 5.57 Å². The molecule has 0 unspecified atom stereocenters. The predicted octanol–water partition coefficient (Wildman–Crippen LogP) is 4.86. The lowest BCUT2D eigenvalue weighted by Crippen LogP contribution is -2.29. The number of hydrogen-bond acceptors (Lipinski definition) is 2. The lowest BCUT2D eigenvalue weighted by Gasteiger charge is -2.26. The summed E-state index contributed by atoms with van der Waals surface area (Å²) in [5, 5.41) is 0. The summed E-state index contributed by atoms with van der Waals surface area (Å²) in [6.07, 6.45) is 2.18. The minimum absolute atomic E-state index is 0.172. The third-order valence-electron chi connectivity index (χ3n) is 3.83. The van der Waals surface area contributed by atoms with Gasteiger partial charge in [-0.05, 0) is 42.7 Å². The van der Waals surface area contributed by atoms with Crippen molar-refractivity contribution in [2.75, 3.05) is 19.6 Å². The molecule has 5 heteroatoms. The van der Waals surface area contributed by atoms with E-state index in [-0.39, 0.29) is 5.75 Å². The number of unbranched alkanes of at least 4 members (excludes halogenated alkanes) is 2. The van der Waals surface area contributed by atoms with Crippen LogP contribution >= 0.6 is 0 Å². The number of alkyl halides is 3. The largest absolute Gasteiger partial charge is 0.573 e. The molecule has 2 rings (SSSR count). The Morgan fingerprint density at radius 1 is 1.14 bits per heavy atom. The van der Waals surface area contributed by atoms with Crippen LogP contribution in [0, 0.1) is 0 Å². The van der Waals surface area contributed by atoms with E-state index in [2.05, 4.69) is 22.6 Å². The van der Waals surface area contributed by atoms with E-state index in [1.807, 2.05) is 0 Å². The number of halogens is 3. The van der Waals surface area contributed by atoms with Gasteiger partial charge in [-0.3, -0.25) is 4.90 Å². The van der Waals surface area contributed by atoms with Gasteiger partial charge < -0.3 is 4.74 Å². The topological polar surface area (TPSA) is 12.5 Å². The molecule has 1 aliphatic heterocycles. The second-order valence-electron chi connectivity index (χ2n) is 5.56. The van der Waals surface area contributed by atoms with Gasteiger partial charge in [0.25, 0.3) is 0 Å². The number of hydrogen-bond donors (Lipinski definition) is 0. The first-order valence-electron chi connectivity index (χ1n) is 7.75. The van der Waals surface area contributed by atoms with Gasteiger partial charge in [0, 0.05) is 13.1 Å². The quantitative estimate of drug-likeness (QED) is 0.695. The Morgan fingerprint density at radius 3 is 2.41 bits per heavy atom. The highest BCUT2D eigenvalue weighted by Gasteiger charge is 2.31. The van der Waals surface area contributed by atoms with Crippen molar-refractivity contribution in [2.24, 2.45) is 0 Å². The number of rotatable bonds is 6. The molecule has 0 aliphatic carbocycles. The molecule has 0 aromatic heterocycles. The van der Waals surface area contributed by atoms with E-state index in [1.165, 1.54) is 37.0 Å². The van der Waals surface area contributed by atoms with Gasteiger partial charge >= 0.3 is 6.36 Å². The molecule has 1 aromatic carbocycles. The van der Waals surface area contributed by atoms with Crippen LogP contribution in [0.3, 0.4) is 0 Å². The Balaban J connectivity index is 1.90. The van der Waals surface area contributed by atoms with Crippen LogP contribution < -0.4 is 4.74 Å². The summed E-state index contributed by atoms with van der Waals surface area (Å²) in [5.41, 5.74) is 2.17. The molecule has 2 nitrogen and oxygen atoms in total. The fraction of sp³-hybridized carbons (Fsp3) is 0.529. The van der Waals surface area contributed by atoms with Gasteiger partial charge in [-0.15, -0.1) is 13.2 Å².